The monoisotopic (exact) mass is 515 g/mol. The smallest absolute Gasteiger partial charge is 0.245 e. The van der Waals surface area contributed by atoms with E-state index in [4.69, 9.17) is 25.2 Å². The molecule has 1 unspecified atom stereocenters. The van der Waals surface area contributed by atoms with E-state index < -0.39 is 0 Å². The number of nitrogen functional groups attached to an aromatic ring is 1. The molecule has 3 aliphatic rings. The molecular formula is C28H33N7O3. The highest BCUT2D eigenvalue weighted by atomic mass is 16.5. The minimum absolute atomic E-state index is 0.0266. The molecule has 1 atom stereocenters. The number of carbonyl (C=O) groups excluding carboxylic acids is 1. The number of nitrogens with zero attached hydrogens (tertiary/aromatic N) is 6. The molecule has 6 rings (SSSR count). The SMILES string of the molecule is C=CC(=O)N1CCC2(CC=C(c3c(-c4ncc(OC5CCOC5)cn4)c4c(N)ncnc4n3C)CC2)CC1. The van der Waals surface area contributed by atoms with E-state index in [-0.39, 0.29) is 17.4 Å². The average Bonchev–Trinajstić information content (AvgIpc) is 3.56. The number of aryl methyl sites for hydroxylation is 1. The van der Waals surface area contributed by atoms with Crippen molar-refractivity contribution in [1.82, 2.24) is 29.4 Å². The topological polar surface area (TPSA) is 121 Å². The van der Waals surface area contributed by atoms with Crippen LogP contribution in [0, 0.1) is 5.41 Å². The fraction of sp³-hybridized carbons (Fsp3) is 0.464. The van der Waals surface area contributed by atoms with Crippen molar-refractivity contribution in [2.24, 2.45) is 12.5 Å². The number of piperidine rings is 1. The van der Waals surface area contributed by atoms with E-state index in [0.29, 0.717) is 30.6 Å². The average molecular weight is 516 g/mol. The third-order valence-corrected chi connectivity index (χ3v) is 8.36. The first-order valence-electron chi connectivity index (χ1n) is 13.2. The Labute approximate surface area is 221 Å². The Hall–Kier alpha value is -3.79. The molecule has 3 aromatic rings. The molecular weight excluding hydrogens is 482 g/mol. The van der Waals surface area contributed by atoms with Crippen molar-refractivity contribution in [2.75, 3.05) is 32.0 Å². The second-order valence-corrected chi connectivity index (χ2v) is 10.5. The quantitative estimate of drug-likeness (QED) is 0.512. The van der Waals surface area contributed by atoms with Crippen molar-refractivity contribution in [2.45, 2.75) is 44.6 Å². The van der Waals surface area contributed by atoms with Crippen LogP contribution in [0.1, 0.15) is 44.2 Å². The molecule has 198 valence electrons. The minimum atomic E-state index is 0.0266. The third kappa shape index (κ3) is 4.32. The van der Waals surface area contributed by atoms with Gasteiger partial charge in [0.2, 0.25) is 5.91 Å². The van der Waals surface area contributed by atoms with Crippen molar-refractivity contribution in [1.29, 1.82) is 0 Å². The summed E-state index contributed by atoms with van der Waals surface area (Å²) in [6.45, 7) is 6.50. The van der Waals surface area contributed by atoms with Gasteiger partial charge in [0.25, 0.3) is 0 Å². The van der Waals surface area contributed by atoms with Gasteiger partial charge >= 0.3 is 0 Å². The Morgan fingerprint density at radius 2 is 2.00 bits per heavy atom. The van der Waals surface area contributed by atoms with Crippen LogP contribution in [0.15, 0.2) is 37.5 Å². The highest BCUT2D eigenvalue weighted by Crippen LogP contribution is 2.48. The van der Waals surface area contributed by atoms with Crippen LogP contribution in [0.5, 0.6) is 5.75 Å². The van der Waals surface area contributed by atoms with Crippen LogP contribution in [-0.4, -0.2) is 67.7 Å². The van der Waals surface area contributed by atoms with E-state index in [2.05, 4.69) is 27.2 Å². The van der Waals surface area contributed by atoms with Crippen LogP contribution in [0.25, 0.3) is 28.0 Å². The van der Waals surface area contributed by atoms with Gasteiger partial charge in [-0.15, -0.1) is 0 Å². The summed E-state index contributed by atoms with van der Waals surface area (Å²) >= 11 is 0. The lowest BCUT2D eigenvalue weighted by Gasteiger charge is -2.43. The summed E-state index contributed by atoms with van der Waals surface area (Å²) in [5, 5.41) is 0.764. The summed E-state index contributed by atoms with van der Waals surface area (Å²) in [5.74, 6) is 1.62. The highest BCUT2D eigenvalue weighted by Gasteiger charge is 2.37. The molecule has 2 N–H and O–H groups in total. The highest BCUT2D eigenvalue weighted by molar-refractivity contribution is 6.04. The second kappa shape index (κ2) is 9.83. The molecule has 0 bridgehead atoms. The molecule has 10 heteroatoms. The van der Waals surface area contributed by atoms with Crippen LogP contribution in [-0.2, 0) is 16.6 Å². The maximum atomic E-state index is 12.1. The third-order valence-electron chi connectivity index (χ3n) is 8.36. The van der Waals surface area contributed by atoms with E-state index in [0.717, 1.165) is 73.9 Å². The number of carbonyl (C=O) groups is 1. The van der Waals surface area contributed by atoms with E-state index in [1.807, 2.05) is 11.9 Å². The molecule has 0 radical (unpaired) electrons. The molecule has 0 aromatic carbocycles. The van der Waals surface area contributed by atoms with Crippen LogP contribution in [0.3, 0.4) is 0 Å². The number of rotatable bonds is 5. The molecule has 2 fully saturated rings. The standard InChI is InChI=1S/C28H33N7O3/c1-3-21(36)35-11-9-28(10-12-35)7-4-18(5-8-28)24-22(23-25(29)32-17-33-27(23)34(24)2)26-30-14-20(15-31-26)38-19-6-13-37-16-19/h3-4,14-15,17,19H,1,5-13,16H2,2H3,(H2,29,32,33). The zero-order valence-corrected chi connectivity index (χ0v) is 21.7. The van der Waals surface area contributed by atoms with Crippen molar-refractivity contribution in [3.8, 4) is 17.1 Å². The molecule has 5 heterocycles. The zero-order valence-electron chi connectivity index (χ0n) is 21.7. The Kier molecular flexibility index (Phi) is 6.35. The van der Waals surface area contributed by atoms with Gasteiger partial charge in [-0.05, 0) is 49.2 Å². The normalized spacial score (nSPS) is 21.0. The van der Waals surface area contributed by atoms with Crippen molar-refractivity contribution >= 4 is 28.3 Å². The van der Waals surface area contributed by atoms with Gasteiger partial charge in [0.15, 0.2) is 11.6 Å². The van der Waals surface area contributed by atoms with Gasteiger partial charge in [0, 0.05) is 26.6 Å². The lowest BCUT2D eigenvalue weighted by atomic mass is 9.68. The number of hydrogen-bond acceptors (Lipinski definition) is 8. The van der Waals surface area contributed by atoms with Gasteiger partial charge in [0.05, 0.1) is 42.3 Å². The predicted molar refractivity (Wildman–Crippen MR) is 144 cm³/mol. The Morgan fingerprint density at radius 1 is 1.21 bits per heavy atom. The van der Waals surface area contributed by atoms with Gasteiger partial charge in [-0.1, -0.05) is 12.7 Å². The maximum absolute atomic E-state index is 12.1. The summed E-state index contributed by atoms with van der Waals surface area (Å²) in [7, 11) is 2.01. The summed E-state index contributed by atoms with van der Waals surface area (Å²) in [6, 6.07) is 0. The molecule has 1 aliphatic carbocycles. The van der Waals surface area contributed by atoms with Crippen LogP contribution in [0.2, 0.25) is 0 Å². The van der Waals surface area contributed by atoms with E-state index >= 15 is 0 Å². The van der Waals surface area contributed by atoms with E-state index in [9.17, 15) is 4.79 Å². The first kappa shape index (κ1) is 24.5. The number of ether oxygens (including phenoxy) is 2. The Balaban J connectivity index is 1.33. The summed E-state index contributed by atoms with van der Waals surface area (Å²) < 4.78 is 13.5. The predicted octanol–water partition coefficient (Wildman–Crippen LogP) is 3.54. The van der Waals surface area contributed by atoms with Gasteiger partial charge < -0.3 is 24.7 Å². The number of likely N-dealkylation sites (tertiary alicyclic amines) is 1. The van der Waals surface area contributed by atoms with Crippen LogP contribution < -0.4 is 10.5 Å². The van der Waals surface area contributed by atoms with Gasteiger partial charge in [-0.3, -0.25) is 4.79 Å². The molecule has 3 aromatic heterocycles. The first-order chi connectivity index (χ1) is 18.5. The van der Waals surface area contributed by atoms with Crippen molar-refractivity contribution in [3.05, 3.63) is 43.1 Å². The number of aromatic nitrogens is 5. The van der Waals surface area contributed by atoms with E-state index in [1.165, 1.54) is 18.0 Å². The number of nitrogens with two attached hydrogens (primary N) is 1. The van der Waals surface area contributed by atoms with Crippen molar-refractivity contribution in [3.63, 3.8) is 0 Å². The number of anilines is 1. The van der Waals surface area contributed by atoms with Crippen molar-refractivity contribution < 1.29 is 14.3 Å². The molecule has 38 heavy (non-hydrogen) atoms. The van der Waals surface area contributed by atoms with Gasteiger partial charge in [0.1, 0.15) is 23.9 Å². The molecule has 0 saturated carbocycles. The lowest BCUT2D eigenvalue weighted by molar-refractivity contribution is -0.128. The van der Waals surface area contributed by atoms with Crippen LogP contribution in [0.4, 0.5) is 5.82 Å². The molecule has 1 amide bonds. The first-order valence-corrected chi connectivity index (χ1v) is 13.2. The fourth-order valence-electron chi connectivity index (χ4n) is 6.12. The fourth-order valence-corrected chi connectivity index (χ4v) is 6.12. The number of amides is 1. The zero-order chi connectivity index (χ0) is 26.3. The summed E-state index contributed by atoms with van der Waals surface area (Å²) in [5.41, 5.74) is 10.5. The molecule has 2 aliphatic heterocycles. The number of fused-ring (bicyclic) bond motifs is 1. The van der Waals surface area contributed by atoms with E-state index in [1.54, 1.807) is 12.4 Å². The second-order valence-electron chi connectivity index (χ2n) is 10.5. The van der Waals surface area contributed by atoms with Crippen LogP contribution >= 0.6 is 0 Å². The Bertz CT molecular complexity index is 1400. The largest absolute Gasteiger partial charge is 0.485 e. The van der Waals surface area contributed by atoms with Gasteiger partial charge in [-0.25, -0.2) is 19.9 Å². The Morgan fingerprint density at radius 3 is 2.66 bits per heavy atom. The summed E-state index contributed by atoms with van der Waals surface area (Å²) in [6.07, 6.45) is 14.6. The maximum Gasteiger partial charge on any atom is 0.245 e. The molecule has 10 nitrogen and oxygen atoms in total. The van der Waals surface area contributed by atoms with Gasteiger partial charge in [-0.2, -0.15) is 0 Å². The lowest BCUT2D eigenvalue weighted by Crippen LogP contribution is -2.43. The molecule has 1 spiro atoms. The summed E-state index contributed by atoms with van der Waals surface area (Å²) in [4.78, 5) is 32.2. The molecule has 2 saturated heterocycles. The minimum Gasteiger partial charge on any atom is -0.485 e. The number of hydrogen-bond donors (Lipinski definition) is 1. The number of allylic oxidation sites excluding steroid dienone is 2.